The molecule has 8 nitrogen and oxygen atoms in total. The lowest BCUT2D eigenvalue weighted by Crippen LogP contribution is -2.11. The van der Waals surface area contributed by atoms with Crippen molar-refractivity contribution in [2.75, 3.05) is 5.43 Å². The van der Waals surface area contributed by atoms with Gasteiger partial charge in [0.05, 0.1) is 31.6 Å². The van der Waals surface area contributed by atoms with Crippen molar-refractivity contribution >= 4 is 36.4 Å². The number of nitrogens with one attached hydrogen (secondary N) is 1. The van der Waals surface area contributed by atoms with Gasteiger partial charge in [-0.2, -0.15) is 5.43 Å². The summed E-state index contributed by atoms with van der Waals surface area (Å²) in [6.07, 6.45) is 0. The molecule has 0 saturated carbocycles. The molecule has 0 bridgehead atoms. The molecule has 10 heteroatoms. The summed E-state index contributed by atoms with van der Waals surface area (Å²) in [5, 5.41) is 18.5. The number of nitrogens with two attached hydrogens (primary N) is 1. The van der Waals surface area contributed by atoms with Crippen molar-refractivity contribution in [1.29, 1.82) is 0 Å². The van der Waals surface area contributed by atoms with Crippen molar-refractivity contribution in [3.05, 3.63) is 34.4 Å². The van der Waals surface area contributed by atoms with Crippen molar-refractivity contribution in [1.82, 2.24) is 0 Å². The van der Waals surface area contributed by atoms with Crippen LogP contribution in [0.15, 0.2) is 34.3 Å². The predicted octanol–water partition coefficient (Wildman–Crippen LogP) is 0.689. The van der Waals surface area contributed by atoms with Crippen LogP contribution in [0.1, 0.15) is 0 Å². The fourth-order valence-electron chi connectivity index (χ4n) is 0.871. The summed E-state index contributed by atoms with van der Waals surface area (Å²) in [4.78, 5) is 9.41. The molecule has 92 valence electrons. The number of nitro groups is 1. The van der Waals surface area contributed by atoms with Gasteiger partial charge in [-0.3, -0.25) is 0 Å². The van der Waals surface area contributed by atoms with Crippen molar-refractivity contribution in [2.24, 2.45) is 10.2 Å². The second-order valence-corrected chi connectivity index (χ2v) is 5.09. The number of benzene rings is 1. The SMILES string of the molecule is NS(=O)(=O)c1ccc(N/N=C(/Br)[N+](=O)[O-])cc1. The van der Waals surface area contributed by atoms with E-state index in [1.807, 2.05) is 0 Å². The molecule has 0 amide bonds. The largest absolute Gasteiger partial charge is 0.430 e. The Morgan fingerprint density at radius 3 is 2.35 bits per heavy atom. The van der Waals surface area contributed by atoms with Crippen LogP contribution in [0.3, 0.4) is 0 Å². The Bertz CT molecular complexity index is 554. The van der Waals surface area contributed by atoms with Gasteiger partial charge in [0.2, 0.25) is 10.0 Å². The zero-order valence-electron chi connectivity index (χ0n) is 8.20. The first-order chi connectivity index (χ1) is 7.80. The number of rotatable bonds is 3. The highest BCUT2D eigenvalue weighted by Crippen LogP contribution is 2.12. The van der Waals surface area contributed by atoms with Crippen LogP contribution in [0, 0.1) is 10.1 Å². The molecule has 1 aromatic carbocycles. The van der Waals surface area contributed by atoms with Crippen LogP contribution in [0.2, 0.25) is 0 Å². The summed E-state index contributed by atoms with van der Waals surface area (Å²) in [5.41, 5.74) is 2.75. The lowest BCUT2D eigenvalue weighted by Gasteiger charge is -1.99. The zero-order valence-corrected chi connectivity index (χ0v) is 10.6. The Hall–Kier alpha value is -1.52. The Morgan fingerprint density at radius 2 is 1.94 bits per heavy atom. The first kappa shape index (κ1) is 13.5. The minimum atomic E-state index is -3.75. The smallest absolute Gasteiger partial charge is 0.357 e. The molecule has 0 aliphatic carbocycles. The predicted molar refractivity (Wildman–Crippen MR) is 64.8 cm³/mol. The number of anilines is 1. The average molecular weight is 323 g/mol. The molecule has 3 N–H and O–H groups in total. The topological polar surface area (TPSA) is 128 Å². The summed E-state index contributed by atoms with van der Waals surface area (Å²) in [5.74, 6) is 0. The Kier molecular flexibility index (Phi) is 4.15. The molecule has 17 heavy (non-hydrogen) atoms. The van der Waals surface area contributed by atoms with Crippen molar-refractivity contribution in [2.45, 2.75) is 4.90 Å². The molecule has 0 aliphatic rings. The Morgan fingerprint density at radius 1 is 1.41 bits per heavy atom. The van der Waals surface area contributed by atoms with Crippen molar-refractivity contribution in [3.63, 3.8) is 0 Å². The summed E-state index contributed by atoms with van der Waals surface area (Å²) in [6, 6.07) is 5.27. The van der Waals surface area contributed by atoms with E-state index < -0.39 is 19.7 Å². The first-order valence-electron chi connectivity index (χ1n) is 4.07. The van der Waals surface area contributed by atoms with Crippen LogP contribution in [-0.4, -0.2) is 18.1 Å². The highest BCUT2D eigenvalue weighted by atomic mass is 79.9. The Balaban J connectivity index is 2.83. The zero-order chi connectivity index (χ0) is 13.1. The summed E-state index contributed by atoms with van der Waals surface area (Å²) >= 11 is 2.62. The lowest BCUT2D eigenvalue weighted by atomic mass is 10.3. The minimum absolute atomic E-state index is 0.0552. The second kappa shape index (κ2) is 5.21. The molecule has 0 heterocycles. The first-order valence-corrected chi connectivity index (χ1v) is 6.41. The highest BCUT2D eigenvalue weighted by Gasteiger charge is 2.08. The monoisotopic (exact) mass is 322 g/mol. The average Bonchev–Trinajstić information content (AvgIpc) is 2.25. The molecule has 0 spiro atoms. The van der Waals surface area contributed by atoms with Crippen LogP contribution < -0.4 is 10.6 Å². The van der Waals surface area contributed by atoms with Gasteiger partial charge in [-0.1, -0.05) is 0 Å². The number of nitrogens with zero attached hydrogens (tertiary/aromatic N) is 2. The van der Waals surface area contributed by atoms with Gasteiger partial charge in [0.15, 0.2) is 0 Å². The summed E-state index contributed by atoms with van der Waals surface area (Å²) in [7, 11) is -3.75. The third-order valence-corrected chi connectivity index (χ3v) is 3.01. The number of primary sulfonamides is 1. The second-order valence-electron chi connectivity index (χ2n) is 2.82. The highest BCUT2D eigenvalue weighted by molar-refractivity contribution is 9.18. The van der Waals surface area contributed by atoms with E-state index in [9.17, 15) is 18.5 Å². The third-order valence-electron chi connectivity index (χ3n) is 1.61. The lowest BCUT2D eigenvalue weighted by molar-refractivity contribution is -0.342. The maximum absolute atomic E-state index is 10.9. The minimum Gasteiger partial charge on any atom is -0.357 e. The fourth-order valence-corrected chi connectivity index (χ4v) is 1.47. The van der Waals surface area contributed by atoms with E-state index in [4.69, 9.17) is 5.14 Å². The van der Waals surface area contributed by atoms with Gasteiger partial charge in [0.1, 0.15) is 0 Å². The molecule has 0 atom stereocenters. The normalized spacial score (nSPS) is 12.2. The number of hydrazone groups is 1. The molecular formula is C7H7BrN4O4S. The summed E-state index contributed by atoms with van der Waals surface area (Å²) < 4.78 is 21.4. The molecular weight excluding hydrogens is 316 g/mol. The van der Waals surface area contributed by atoms with E-state index in [1.54, 1.807) is 0 Å². The van der Waals surface area contributed by atoms with Crippen molar-refractivity contribution in [3.8, 4) is 0 Å². The summed E-state index contributed by atoms with van der Waals surface area (Å²) in [6.45, 7) is 0. The quantitative estimate of drug-likeness (QED) is 0.278. The number of hydrogen-bond acceptors (Lipinski definition) is 6. The fraction of sp³-hybridized carbons (Fsp3) is 0. The number of sulfonamides is 1. The van der Waals surface area contributed by atoms with Gasteiger partial charge in [0.25, 0.3) is 0 Å². The van der Waals surface area contributed by atoms with Crippen LogP contribution in [0.4, 0.5) is 5.69 Å². The number of hydrogen-bond donors (Lipinski definition) is 2. The maximum atomic E-state index is 10.9. The van der Waals surface area contributed by atoms with Gasteiger partial charge in [-0.05, 0) is 29.2 Å². The van der Waals surface area contributed by atoms with Crippen LogP contribution >= 0.6 is 15.9 Å². The van der Waals surface area contributed by atoms with Gasteiger partial charge in [-0.25, -0.2) is 13.6 Å². The standard InChI is InChI=1S/C7H7BrN4O4S/c8-7(12(13)14)11-10-5-1-3-6(4-2-5)17(9,15)16/h1-4,10H,(H2,9,15,16)/b11-7-. The number of halogens is 1. The molecule has 0 aromatic heterocycles. The van der Waals surface area contributed by atoms with Gasteiger partial charge >= 0.3 is 4.74 Å². The molecule has 0 saturated heterocycles. The van der Waals surface area contributed by atoms with E-state index >= 15 is 0 Å². The van der Waals surface area contributed by atoms with Crippen LogP contribution in [-0.2, 0) is 10.0 Å². The molecule has 0 fully saturated rings. The van der Waals surface area contributed by atoms with E-state index in [2.05, 4.69) is 26.5 Å². The van der Waals surface area contributed by atoms with Gasteiger partial charge in [0, 0.05) is 0 Å². The van der Waals surface area contributed by atoms with E-state index in [1.165, 1.54) is 24.3 Å². The van der Waals surface area contributed by atoms with E-state index in [0.717, 1.165) is 0 Å². The number of amidine groups is 1. The molecule has 0 aliphatic heterocycles. The molecule has 0 radical (unpaired) electrons. The molecule has 0 unspecified atom stereocenters. The van der Waals surface area contributed by atoms with E-state index in [0.29, 0.717) is 5.69 Å². The molecule has 1 rings (SSSR count). The van der Waals surface area contributed by atoms with Gasteiger partial charge < -0.3 is 10.1 Å². The van der Waals surface area contributed by atoms with E-state index in [-0.39, 0.29) is 4.90 Å². The third kappa shape index (κ3) is 4.09. The molecule has 1 aromatic rings. The van der Waals surface area contributed by atoms with Crippen molar-refractivity contribution < 1.29 is 13.3 Å². The van der Waals surface area contributed by atoms with Gasteiger partial charge in [-0.15, -0.1) is 0 Å². The maximum Gasteiger partial charge on any atom is 0.430 e. The Labute approximate surface area is 105 Å². The van der Waals surface area contributed by atoms with Crippen LogP contribution in [0.25, 0.3) is 0 Å². The van der Waals surface area contributed by atoms with Crippen LogP contribution in [0.5, 0.6) is 0 Å².